The van der Waals surface area contributed by atoms with Crippen molar-refractivity contribution >= 4 is 23.5 Å². The van der Waals surface area contributed by atoms with E-state index in [1.54, 1.807) is 15.6 Å². The summed E-state index contributed by atoms with van der Waals surface area (Å²) in [5.41, 5.74) is 8.48. The summed E-state index contributed by atoms with van der Waals surface area (Å²) in [6, 6.07) is 4.79. The van der Waals surface area contributed by atoms with Gasteiger partial charge < -0.3 is 16.0 Å². The number of rotatable bonds is 3. The van der Waals surface area contributed by atoms with E-state index in [0.717, 1.165) is 5.56 Å². The Labute approximate surface area is 183 Å². The molecule has 4 rings (SSSR count). The van der Waals surface area contributed by atoms with E-state index in [1.165, 1.54) is 0 Å². The molecule has 2 aromatic rings. The number of nitrogens with zero attached hydrogens (tertiary/aromatic N) is 3. The van der Waals surface area contributed by atoms with Crippen LogP contribution in [0.2, 0.25) is 5.02 Å². The Morgan fingerprint density at radius 2 is 1.97 bits per heavy atom. The molecule has 2 heterocycles. The summed E-state index contributed by atoms with van der Waals surface area (Å²) in [6.07, 6.45) is 0.0444. The highest BCUT2D eigenvalue weighted by molar-refractivity contribution is 6.31. The van der Waals surface area contributed by atoms with Gasteiger partial charge in [-0.1, -0.05) is 23.7 Å². The molecular weight excluding hydrogens is 428 g/mol. The zero-order chi connectivity index (χ0) is 22.3. The van der Waals surface area contributed by atoms with Crippen LogP contribution in [-0.4, -0.2) is 45.1 Å². The van der Waals surface area contributed by atoms with Crippen molar-refractivity contribution in [1.82, 2.24) is 20.0 Å². The average molecular weight is 452 g/mol. The highest BCUT2D eigenvalue weighted by atomic mass is 35.5. The van der Waals surface area contributed by atoms with Gasteiger partial charge in [-0.05, 0) is 31.4 Å². The molecule has 2 aliphatic rings. The molecule has 1 aliphatic carbocycles. The van der Waals surface area contributed by atoms with Crippen molar-refractivity contribution in [2.75, 3.05) is 6.54 Å². The third kappa shape index (κ3) is 4.37. The van der Waals surface area contributed by atoms with Crippen LogP contribution in [0.3, 0.4) is 0 Å². The van der Waals surface area contributed by atoms with Crippen molar-refractivity contribution in [1.29, 1.82) is 0 Å². The normalized spacial score (nSPS) is 18.5. The molecule has 1 saturated carbocycles. The van der Waals surface area contributed by atoms with Gasteiger partial charge in [-0.2, -0.15) is 5.10 Å². The van der Waals surface area contributed by atoms with Crippen LogP contribution in [0.5, 0.6) is 0 Å². The number of nitrogens with two attached hydrogens (primary N) is 1. The van der Waals surface area contributed by atoms with Gasteiger partial charge >= 0.3 is 6.03 Å². The summed E-state index contributed by atoms with van der Waals surface area (Å²) in [5.74, 6) is -3.28. The van der Waals surface area contributed by atoms with Crippen LogP contribution in [-0.2, 0) is 13.1 Å². The van der Waals surface area contributed by atoms with Crippen LogP contribution >= 0.6 is 11.6 Å². The fourth-order valence-corrected chi connectivity index (χ4v) is 4.32. The molecule has 166 valence electrons. The van der Waals surface area contributed by atoms with Gasteiger partial charge in [0, 0.05) is 36.0 Å². The number of alkyl halides is 2. The molecule has 1 aromatic carbocycles. The summed E-state index contributed by atoms with van der Waals surface area (Å²) in [7, 11) is 0. The van der Waals surface area contributed by atoms with Crippen molar-refractivity contribution < 1.29 is 18.4 Å². The van der Waals surface area contributed by atoms with Crippen LogP contribution in [0.4, 0.5) is 13.6 Å². The molecule has 0 unspecified atom stereocenters. The fraction of sp³-hybridized carbons (Fsp3) is 0.476. The number of hydrogen-bond donors (Lipinski definition) is 2. The van der Waals surface area contributed by atoms with Gasteiger partial charge in [0.1, 0.15) is 5.69 Å². The van der Waals surface area contributed by atoms with Crippen molar-refractivity contribution in [3.8, 4) is 11.3 Å². The largest absolute Gasteiger partial charge is 0.365 e. The molecule has 10 heteroatoms. The third-order valence-electron chi connectivity index (χ3n) is 6.00. The Morgan fingerprint density at radius 3 is 2.61 bits per heavy atom. The van der Waals surface area contributed by atoms with Crippen LogP contribution in [0.1, 0.15) is 47.3 Å². The van der Waals surface area contributed by atoms with E-state index in [9.17, 15) is 18.4 Å². The number of urea groups is 1. The minimum absolute atomic E-state index is 0.152. The predicted octanol–water partition coefficient (Wildman–Crippen LogP) is 3.71. The van der Waals surface area contributed by atoms with E-state index < -0.39 is 11.8 Å². The van der Waals surface area contributed by atoms with E-state index in [-0.39, 0.29) is 49.9 Å². The highest BCUT2D eigenvalue weighted by Gasteiger charge is 2.36. The SMILES string of the molecule is Cc1ccc(-c2nn3c(c2C(N)=O)CN(C(=O)NC2CCC(F)(F)CC2)CC3)cc1Cl. The second-order valence-electron chi connectivity index (χ2n) is 8.22. The van der Waals surface area contributed by atoms with Gasteiger partial charge in [-0.25, -0.2) is 13.6 Å². The third-order valence-corrected chi connectivity index (χ3v) is 6.41. The maximum Gasteiger partial charge on any atom is 0.318 e. The number of amides is 3. The van der Waals surface area contributed by atoms with E-state index in [0.29, 0.717) is 35.1 Å². The second kappa shape index (κ2) is 8.11. The average Bonchev–Trinajstić information content (AvgIpc) is 3.10. The van der Waals surface area contributed by atoms with Gasteiger partial charge in [0.25, 0.3) is 5.91 Å². The topological polar surface area (TPSA) is 93.2 Å². The van der Waals surface area contributed by atoms with Crippen molar-refractivity contribution in [3.05, 3.63) is 40.0 Å². The predicted molar refractivity (Wildman–Crippen MR) is 112 cm³/mol. The quantitative estimate of drug-likeness (QED) is 0.744. The monoisotopic (exact) mass is 451 g/mol. The van der Waals surface area contributed by atoms with Crippen LogP contribution in [0.25, 0.3) is 11.3 Å². The van der Waals surface area contributed by atoms with Gasteiger partial charge in [0.05, 0.1) is 24.3 Å². The molecule has 1 aromatic heterocycles. The van der Waals surface area contributed by atoms with Crippen molar-refractivity contribution in [3.63, 3.8) is 0 Å². The Kier molecular flexibility index (Phi) is 5.63. The number of aromatic nitrogens is 2. The summed E-state index contributed by atoms with van der Waals surface area (Å²) in [6.45, 7) is 2.81. The molecule has 7 nitrogen and oxygen atoms in total. The zero-order valence-electron chi connectivity index (χ0n) is 17.1. The first-order valence-electron chi connectivity index (χ1n) is 10.2. The Bertz CT molecular complexity index is 1030. The van der Waals surface area contributed by atoms with Crippen LogP contribution in [0, 0.1) is 6.92 Å². The Morgan fingerprint density at radius 1 is 1.26 bits per heavy atom. The van der Waals surface area contributed by atoms with Crippen molar-refractivity contribution in [2.24, 2.45) is 5.73 Å². The second-order valence-corrected chi connectivity index (χ2v) is 8.63. The lowest BCUT2D eigenvalue weighted by Gasteiger charge is -2.33. The number of carbonyl (C=O) groups is 2. The Hall–Kier alpha value is -2.68. The summed E-state index contributed by atoms with van der Waals surface area (Å²) >= 11 is 6.24. The number of hydrogen-bond acceptors (Lipinski definition) is 3. The molecule has 0 radical (unpaired) electrons. The number of aryl methyl sites for hydroxylation is 1. The number of nitrogens with one attached hydrogen (secondary N) is 1. The van der Waals surface area contributed by atoms with Crippen LogP contribution in [0.15, 0.2) is 18.2 Å². The number of carbonyl (C=O) groups excluding carboxylic acids is 2. The van der Waals surface area contributed by atoms with E-state index >= 15 is 0 Å². The zero-order valence-corrected chi connectivity index (χ0v) is 17.9. The number of benzene rings is 1. The molecule has 1 fully saturated rings. The minimum Gasteiger partial charge on any atom is -0.365 e. The lowest BCUT2D eigenvalue weighted by Crippen LogP contribution is -2.49. The first kappa shape index (κ1) is 21.5. The number of halogens is 3. The molecule has 31 heavy (non-hydrogen) atoms. The maximum atomic E-state index is 13.4. The summed E-state index contributed by atoms with van der Waals surface area (Å²) in [4.78, 5) is 26.6. The first-order chi connectivity index (χ1) is 14.6. The maximum absolute atomic E-state index is 13.4. The lowest BCUT2D eigenvalue weighted by atomic mass is 9.92. The van der Waals surface area contributed by atoms with Gasteiger partial charge in [-0.15, -0.1) is 0 Å². The fourth-order valence-electron chi connectivity index (χ4n) is 4.14. The smallest absolute Gasteiger partial charge is 0.318 e. The molecule has 0 atom stereocenters. The number of fused-ring (bicyclic) bond motifs is 1. The number of primary amides is 1. The summed E-state index contributed by atoms with van der Waals surface area (Å²) < 4.78 is 28.4. The standard InChI is InChI=1S/C21H24ClF2N5O2/c1-12-2-3-13(10-15(12)22)18-17(19(25)30)16-11-28(8-9-29(16)27-18)20(31)26-14-4-6-21(23,24)7-5-14/h2-3,10,14H,4-9,11H2,1H3,(H2,25,30)(H,26,31). The highest BCUT2D eigenvalue weighted by Crippen LogP contribution is 2.34. The molecule has 1 aliphatic heterocycles. The van der Waals surface area contributed by atoms with Crippen LogP contribution < -0.4 is 11.1 Å². The first-order valence-corrected chi connectivity index (χ1v) is 10.6. The van der Waals surface area contributed by atoms with Gasteiger partial charge in [0.15, 0.2) is 0 Å². The van der Waals surface area contributed by atoms with Gasteiger partial charge in [0.2, 0.25) is 5.92 Å². The molecular formula is C21H24ClF2N5O2. The molecule has 0 spiro atoms. The molecule has 3 N–H and O–H groups in total. The minimum atomic E-state index is -2.65. The van der Waals surface area contributed by atoms with E-state index in [4.69, 9.17) is 17.3 Å². The summed E-state index contributed by atoms with van der Waals surface area (Å²) in [5, 5.41) is 7.96. The molecule has 0 bridgehead atoms. The van der Waals surface area contributed by atoms with E-state index in [2.05, 4.69) is 10.4 Å². The van der Waals surface area contributed by atoms with E-state index in [1.807, 2.05) is 19.1 Å². The van der Waals surface area contributed by atoms with Gasteiger partial charge in [-0.3, -0.25) is 9.48 Å². The lowest BCUT2D eigenvalue weighted by molar-refractivity contribution is -0.0398. The van der Waals surface area contributed by atoms with Crippen molar-refractivity contribution in [2.45, 2.75) is 57.7 Å². The Balaban J connectivity index is 1.54. The molecule has 3 amide bonds. The molecule has 0 saturated heterocycles.